The van der Waals surface area contributed by atoms with Gasteiger partial charge in [-0.1, -0.05) is 36.1 Å². The van der Waals surface area contributed by atoms with Crippen molar-refractivity contribution in [3.63, 3.8) is 0 Å². The lowest BCUT2D eigenvalue weighted by molar-refractivity contribution is -0.116. The van der Waals surface area contributed by atoms with Crippen LogP contribution in [-0.4, -0.2) is 35.6 Å². The molecule has 0 aliphatic carbocycles. The van der Waals surface area contributed by atoms with E-state index in [-0.39, 0.29) is 18.2 Å². The minimum atomic E-state index is -0.403. The SMILES string of the molecule is O=C(CC[C@@H]1CCCN(Cc2ccc(C#CCCO)cc2)C1)Nc1ccccc1F. The molecule has 158 valence electrons. The van der Waals surface area contributed by atoms with Gasteiger partial charge in [-0.15, -0.1) is 0 Å². The van der Waals surface area contributed by atoms with Crippen LogP contribution in [0.4, 0.5) is 10.1 Å². The van der Waals surface area contributed by atoms with Crippen LogP contribution in [0.3, 0.4) is 0 Å². The van der Waals surface area contributed by atoms with E-state index in [2.05, 4.69) is 34.2 Å². The van der Waals surface area contributed by atoms with Gasteiger partial charge >= 0.3 is 0 Å². The van der Waals surface area contributed by atoms with Crippen molar-refractivity contribution in [1.29, 1.82) is 0 Å². The van der Waals surface area contributed by atoms with Crippen molar-refractivity contribution in [2.45, 2.75) is 38.6 Å². The normalized spacial score (nSPS) is 16.5. The highest BCUT2D eigenvalue weighted by Gasteiger charge is 2.21. The van der Waals surface area contributed by atoms with Crippen LogP contribution in [0.2, 0.25) is 0 Å². The van der Waals surface area contributed by atoms with Gasteiger partial charge in [-0.3, -0.25) is 9.69 Å². The van der Waals surface area contributed by atoms with E-state index in [0.29, 0.717) is 18.8 Å². The molecule has 0 saturated carbocycles. The van der Waals surface area contributed by atoms with Crippen LogP contribution in [0.15, 0.2) is 48.5 Å². The molecule has 0 spiro atoms. The van der Waals surface area contributed by atoms with Crippen LogP contribution in [0, 0.1) is 23.6 Å². The van der Waals surface area contributed by atoms with E-state index in [4.69, 9.17) is 5.11 Å². The number of aliphatic hydroxyl groups excluding tert-OH is 1. The van der Waals surface area contributed by atoms with Crippen LogP contribution < -0.4 is 5.32 Å². The van der Waals surface area contributed by atoms with Crippen molar-refractivity contribution in [3.05, 3.63) is 65.5 Å². The summed E-state index contributed by atoms with van der Waals surface area (Å²) < 4.78 is 13.7. The van der Waals surface area contributed by atoms with Gasteiger partial charge in [0.1, 0.15) is 5.82 Å². The molecule has 3 rings (SSSR count). The Morgan fingerprint density at radius 1 is 1.20 bits per heavy atom. The first-order valence-corrected chi connectivity index (χ1v) is 10.6. The smallest absolute Gasteiger partial charge is 0.224 e. The third kappa shape index (κ3) is 6.98. The third-order valence-electron chi connectivity index (χ3n) is 5.36. The van der Waals surface area contributed by atoms with Gasteiger partial charge < -0.3 is 10.4 Å². The number of amides is 1. The number of carbonyl (C=O) groups excluding carboxylic acids is 1. The van der Waals surface area contributed by atoms with Crippen LogP contribution in [-0.2, 0) is 11.3 Å². The second-order valence-electron chi connectivity index (χ2n) is 7.78. The lowest BCUT2D eigenvalue weighted by atomic mass is 9.93. The highest BCUT2D eigenvalue weighted by atomic mass is 19.1. The van der Waals surface area contributed by atoms with E-state index in [0.717, 1.165) is 44.5 Å². The highest BCUT2D eigenvalue weighted by molar-refractivity contribution is 5.90. The molecule has 0 unspecified atom stereocenters. The molecule has 1 atom stereocenters. The fourth-order valence-corrected chi connectivity index (χ4v) is 3.81. The van der Waals surface area contributed by atoms with Gasteiger partial charge in [0.2, 0.25) is 5.91 Å². The molecule has 0 radical (unpaired) electrons. The summed E-state index contributed by atoms with van der Waals surface area (Å²) >= 11 is 0. The van der Waals surface area contributed by atoms with Gasteiger partial charge in [-0.05, 0) is 61.6 Å². The first-order chi connectivity index (χ1) is 14.6. The molecule has 5 heteroatoms. The minimum Gasteiger partial charge on any atom is -0.395 e. The van der Waals surface area contributed by atoms with Gasteiger partial charge in [0.05, 0.1) is 12.3 Å². The van der Waals surface area contributed by atoms with E-state index in [1.54, 1.807) is 18.2 Å². The van der Waals surface area contributed by atoms with Crippen molar-refractivity contribution in [2.24, 2.45) is 5.92 Å². The zero-order valence-electron chi connectivity index (χ0n) is 17.2. The summed E-state index contributed by atoms with van der Waals surface area (Å²) in [6.45, 7) is 3.02. The topological polar surface area (TPSA) is 52.6 Å². The Balaban J connectivity index is 1.44. The Kier molecular flexibility index (Phi) is 8.43. The second-order valence-corrected chi connectivity index (χ2v) is 7.78. The number of benzene rings is 2. The number of anilines is 1. The molecule has 0 aromatic heterocycles. The summed E-state index contributed by atoms with van der Waals surface area (Å²) in [5, 5.41) is 11.5. The van der Waals surface area contributed by atoms with Gasteiger partial charge in [0, 0.05) is 31.5 Å². The molecule has 2 N–H and O–H groups in total. The molecular formula is C25H29FN2O2. The second kappa shape index (κ2) is 11.5. The highest BCUT2D eigenvalue weighted by Crippen LogP contribution is 2.23. The summed E-state index contributed by atoms with van der Waals surface area (Å²) in [6.07, 6.45) is 3.98. The zero-order valence-corrected chi connectivity index (χ0v) is 17.2. The van der Waals surface area contributed by atoms with Gasteiger partial charge in [0.15, 0.2) is 0 Å². The molecular weight excluding hydrogens is 379 g/mol. The Morgan fingerprint density at radius 2 is 2.00 bits per heavy atom. The standard InChI is InChI=1S/C25H29FN2O2/c26-23-8-1-2-9-24(23)27-25(30)15-14-21-7-5-16-28(18-21)19-22-12-10-20(11-13-22)6-3-4-17-29/h1-2,8-13,21,29H,4-5,7,14-19H2,(H,27,30)/t21-/m0/s1. The molecule has 1 heterocycles. The average molecular weight is 409 g/mol. The quantitative estimate of drug-likeness (QED) is 0.676. The monoisotopic (exact) mass is 408 g/mol. The van der Waals surface area contributed by atoms with Gasteiger partial charge in [0.25, 0.3) is 0 Å². The summed E-state index contributed by atoms with van der Waals surface area (Å²) in [4.78, 5) is 14.6. The first-order valence-electron chi connectivity index (χ1n) is 10.6. The van der Waals surface area contributed by atoms with Crippen molar-refractivity contribution in [1.82, 2.24) is 4.90 Å². The van der Waals surface area contributed by atoms with E-state index >= 15 is 0 Å². The van der Waals surface area contributed by atoms with Crippen LogP contribution in [0.25, 0.3) is 0 Å². The van der Waals surface area contributed by atoms with E-state index in [9.17, 15) is 9.18 Å². The predicted molar refractivity (Wildman–Crippen MR) is 117 cm³/mol. The predicted octanol–water partition coefficient (Wildman–Crippen LogP) is 4.19. The van der Waals surface area contributed by atoms with Gasteiger partial charge in [-0.2, -0.15) is 0 Å². The molecule has 1 amide bonds. The molecule has 0 bridgehead atoms. The number of hydrogen-bond donors (Lipinski definition) is 2. The third-order valence-corrected chi connectivity index (χ3v) is 5.36. The van der Waals surface area contributed by atoms with Crippen LogP contribution in [0.5, 0.6) is 0 Å². The number of piperidine rings is 1. The molecule has 1 aliphatic rings. The molecule has 1 aliphatic heterocycles. The van der Waals surface area contributed by atoms with Crippen LogP contribution in [0.1, 0.15) is 43.2 Å². The minimum absolute atomic E-state index is 0.0893. The molecule has 1 fully saturated rings. The molecule has 2 aromatic carbocycles. The summed E-state index contributed by atoms with van der Waals surface area (Å²) in [6, 6.07) is 14.5. The number of carbonyl (C=O) groups is 1. The zero-order chi connectivity index (χ0) is 21.2. The molecule has 2 aromatic rings. The number of aliphatic hydroxyl groups is 1. The van der Waals surface area contributed by atoms with E-state index < -0.39 is 5.82 Å². The first kappa shape index (κ1) is 22.0. The molecule has 4 nitrogen and oxygen atoms in total. The fourth-order valence-electron chi connectivity index (χ4n) is 3.81. The number of rotatable bonds is 7. The maximum absolute atomic E-state index is 13.7. The van der Waals surface area contributed by atoms with Crippen LogP contribution >= 0.6 is 0 Å². The number of hydrogen-bond acceptors (Lipinski definition) is 3. The maximum atomic E-state index is 13.7. The Bertz CT molecular complexity index is 886. The molecule has 1 saturated heterocycles. The van der Waals surface area contributed by atoms with Gasteiger partial charge in [-0.25, -0.2) is 4.39 Å². The Labute approximate surface area is 178 Å². The lowest BCUT2D eigenvalue weighted by Gasteiger charge is -2.32. The Hall–Kier alpha value is -2.68. The number of nitrogens with one attached hydrogen (secondary N) is 1. The number of para-hydroxylation sites is 1. The summed E-state index contributed by atoms with van der Waals surface area (Å²) in [5.41, 5.74) is 2.46. The Morgan fingerprint density at radius 3 is 2.77 bits per heavy atom. The number of likely N-dealkylation sites (tertiary alicyclic amines) is 1. The fraction of sp³-hybridized carbons (Fsp3) is 0.400. The van der Waals surface area contributed by atoms with E-state index in [1.165, 1.54) is 11.6 Å². The number of halogens is 1. The molecule has 30 heavy (non-hydrogen) atoms. The summed E-state index contributed by atoms with van der Waals surface area (Å²) in [5.74, 6) is 5.93. The van der Waals surface area contributed by atoms with Crippen molar-refractivity contribution in [2.75, 3.05) is 25.0 Å². The largest absolute Gasteiger partial charge is 0.395 e. The van der Waals surface area contributed by atoms with Crippen molar-refractivity contribution in [3.8, 4) is 11.8 Å². The lowest BCUT2D eigenvalue weighted by Crippen LogP contribution is -2.35. The van der Waals surface area contributed by atoms with E-state index in [1.807, 2.05) is 12.1 Å². The van der Waals surface area contributed by atoms with Crippen molar-refractivity contribution >= 4 is 11.6 Å². The average Bonchev–Trinajstić information content (AvgIpc) is 2.76. The summed E-state index contributed by atoms with van der Waals surface area (Å²) in [7, 11) is 0. The van der Waals surface area contributed by atoms with Crippen molar-refractivity contribution < 1.29 is 14.3 Å². The number of nitrogens with zero attached hydrogens (tertiary/aromatic N) is 1. The maximum Gasteiger partial charge on any atom is 0.224 e.